The van der Waals surface area contributed by atoms with E-state index in [0.29, 0.717) is 6.42 Å². The smallest absolute Gasteiger partial charge is 0.223 e. The number of amides is 1. The van der Waals surface area contributed by atoms with Gasteiger partial charge in [0.05, 0.1) is 26.7 Å². The van der Waals surface area contributed by atoms with Crippen LogP contribution in [0.25, 0.3) is 10.2 Å². The standard InChI is InChI=1S/C20H23N3OS/c1-14(19-22-16-6-2-3-7-17(16)25-19)11-18(24)23-10-9-20(13-21)8-4-5-15(23)12-20/h2-3,6-7,14-15H,4-5,8-12H2,1H3. The summed E-state index contributed by atoms with van der Waals surface area (Å²) in [4.78, 5) is 19.7. The number of hydrogen-bond donors (Lipinski definition) is 0. The molecular formula is C20H23N3OS. The number of hydrogen-bond acceptors (Lipinski definition) is 4. The normalized spacial score (nSPS) is 27.0. The van der Waals surface area contributed by atoms with Crippen molar-refractivity contribution in [3.05, 3.63) is 29.3 Å². The van der Waals surface area contributed by atoms with Crippen molar-refractivity contribution in [3.8, 4) is 6.07 Å². The van der Waals surface area contributed by atoms with Gasteiger partial charge in [-0.15, -0.1) is 11.3 Å². The molecule has 2 aromatic rings. The number of nitrogens with zero attached hydrogens (tertiary/aromatic N) is 3. The van der Waals surface area contributed by atoms with Crippen LogP contribution in [0.3, 0.4) is 0 Å². The van der Waals surface area contributed by atoms with E-state index in [1.54, 1.807) is 11.3 Å². The summed E-state index contributed by atoms with van der Waals surface area (Å²) in [6.45, 7) is 2.84. The van der Waals surface area contributed by atoms with Gasteiger partial charge in [-0.3, -0.25) is 4.79 Å². The lowest BCUT2D eigenvalue weighted by Gasteiger charge is -2.47. The van der Waals surface area contributed by atoms with Crippen molar-refractivity contribution in [2.24, 2.45) is 5.41 Å². The Balaban J connectivity index is 1.45. The molecule has 1 aliphatic heterocycles. The molecule has 2 aliphatic rings. The van der Waals surface area contributed by atoms with Gasteiger partial charge in [-0.1, -0.05) is 19.1 Å². The molecule has 1 aromatic heterocycles. The van der Waals surface area contributed by atoms with Gasteiger partial charge in [0, 0.05) is 24.9 Å². The zero-order chi connectivity index (χ0) is 17.4. The van der Waals surface area contributed by atoms with Crippen LogP contribution in [-0.4, -0.2) is 28.4 Å². The molecule has 25 heavy (non-hydrogen) atoms. The molecule has 5 heteroatoms. The van der Waals surface area contributed by atoms with Crippen molar-refractivity contribution >= 4 is 27.5 Å². The van der Waals surface area contributed by atoms with Crippen molar-refractivity contribution in [2.75, 3.05) is 6.54 Å². The number of piperidine rings is 1. The average Bonchev–Trinajstić information content (AvgIpc) is 3.06. The summed E-state index contributed by atoms with van der Waals surface area (Å²) >= 11 is 1.69. The molecule has 4 nitrogen and oxygen atoms in total. The van der Waals surface area contributed by atoms with E-state index in [9.17, 15) is 10.1 Å². The molecule has 2 bridgehead atoms. The minimum atomic E-state index is -0.168. The van der Waals surface area contributed by atoms with Gasteiger partial charge >= 0.3 is 0 Å². The highest BCUT2D eigenvalue weighted by atomic mass is 32.1. The third kappa shape index (κ3) is 3.04. The molecule has 1 amide bonds. The van der Waals surface area contributed by atoms with Crippen LogP contribution < -0.4 is 0 Å². The molecular weight excluding hydrogens is 330 g/mol. The van der Waals surface area contributed by atoms with Crippen LogP contribution in [0, 0.1) is 16.7 Å². The van der Waals surface area contributed by atoms with E-state index < -0.39 is 0 Å². The minimum Gasteiger partial charge on any atom is -0.340 e. The lowest BCUT2D eigenvalue weighted by atomic mass is 9.68. The number of carbonyl (C=O) groups excluding carboxylic acids is 1. The Hall–Kier alpha value is -1.93. The van der Waals surface area contributed by atoms with Crippen LogP contribution in [0.2, 0.25) is 0 Å². The van der Waals surface area contributed by atoms with Crippen molar-refractivity contribution in [3.63, 3.8) is 0 Å². The number of aromatic nitrogens is 1. The number of para-hydroxylation sites is 1. The average molecular weight is 353 g/mol. The first-order valence-electron chi connectivity index (χ1n) is 9.16. The number of likely N-dealkylation sites (tertiary alicyclic amines) is 1. The Morgan fingerprint density at radius 3 is 3.12 bits per heavy atom. The molecule has 0 N–H and O–H groups in total. The summed E-state index contributed by atoms with van der Waals surface area (Å²) in [5.74, 6) is 0.362. The molecule has 3 atom stereocenters. The van der Waals surface area contributed by atoms with Gasteiger partial charge in [0.1, 0.15) is 0 Å². The van der Waals surface area contributed by atoms with E-state index in [4.69, 9.17) is 4.98 Å². The molecule has 1 aliphatic carbocycles. The van der Waals surface area contributed by atoms with E-state index in [1.165, 1.54) is 4.70 Å². The van der Waals surface area contributed by atoms with Gasteiger partial charge in [0.15, 0.2) is 0 Å². The number of thiazole rings is 1. The van der Waals surface area contributed by atoms with Crippen LogP contribution >= 0.6 is 11.3 Å². The predicted molar refractivity (Wildman–Crippen MR) is 99.3 cm³/mol. The lowest BCUT2D eigenvalue weighted by molar-refractivity contribution is -0.138. The fourth-order valence-electron chi connectivity index (χ4n) is 4.39. The molecule has 0 spiro atoms. The molecule has 2 heterocycles. The first-order chi connectivity index (χ1) is 12.1. The second kappa shape index (κ2) is 6.42. The maximum Gasteiger partial charge on any atom is 0.223 e. The molecule has 130 valence electrons. The molecule has 1 aromatic carbocycles. The Bertz CT molecular complexity index is 806. The van der Waals surface area contributed by atoms with E-state index in [2.05, 4.69) is 24.0 Å². The van der Waals surface area contributed by atoms with Gasteiger partial charge in [-0.25, -0.2) is 4.98 Å². The van der Waals surface area contributed by atoms with Crippen LogP contribution in [0.1, 0.15) is 56.4 Å². The van der Waals surface area contributed by atoms with Crippen molar-refractivity contribution in [2.45, 2.75) is 57.4 Å². The van der Waals surface area contributed by atoms with E-state index in [0.717, 1.165) is 49.2 Å². The topological polar surface area (TPSA) is 57.0 Å². The molecule has 0 radical (unpaired) electrons. The third-order valence-electron chi connectivity index (χ3n) is 5.86. The second-order valence-electron chi connectivity index (χ2n) is 7.60. The molecule has 1 saturated heterocycles. The summed E-state index contributed by atoms with van der Waals surface area (Å²) in [6.07, 6.45) is 5.33. The van der Waals surface area contributed by atoms with Crippen LogP contribution in [0.4, 0.5) is 0 Å². The fraction of sp³-hybridized carbons (Fsp3) is 0.550. The summed E-state index contributed by atoms with van der Waals surface area (Å²) < 4.78 is 1.18. The highest BCUT2D eigenvalue weighted by molar-refractivity contribution is 7.18. The minimum absolute atomic E-state index is 0.135. The van der Waals surface area contributed by atoms with E-state index >= 15 is 0 Å². The summed E-state index contributed by atoms with van der Waals surface area (Å²) in [7, 11) is 0. The number of carbonyl (C=O) groups is 1. The lowest BCUT2D eigenvalue weighted by Crippen LogP contribution is -2.51. The van der Waals surface area contributed by atoms with Crippen LogP contribution in [0.15, 0.2) is 24.3 Å². The molecule has 3 unspecified atom stereocenters. The summed E-state index contributed by atoms with van der Waals surface area (Å²) in [6, 6.07) is 10.9. The maximum absolute atomic E-state index is 12.9. The van der Waals surface area contributed by atoms with Crippen molar-refractivity contribution in [1.82, 2.24) is 9.88 Å². The molecule has 2 fully saturated rings. The van der Waals surface area contributed by atoms with Gasteiger partial charge in [-0.2, -0.15) is 5.26 Å². The maximum atomic E-state index is 12.9. The highest BCUT2D eigenvalue weighted by Gasteiger charge is 2.44. The summed E-state index contributed by atoms with van der Waals surface area (Å²) in [5, 5.41) is 10.6. The number of nitriles is 1. The Morgan fingerprint density at radius 2 is 2.32 bits per heavy atom. The zero-order valence-electron chi connectivity index (χ0n) is 14.6. The fourth-order valence-corrected chi connectivity index (χ4v) is 5.41. The quantitative estimate of drug-likeness (QED) is 0.818. The number of rotatable bonds is 3. The van der Waals surface area contributed by atoms with Gasteiger partial charge < -0.3 is 4.90 Å². The van der Waals surface area contributed by atoms with Gasteiger partial charge in [0.2, 0.25) is 5.91 Å². The second-order valence-corrected chi connectivity index (χ2v) is 8.67. The zero-order valence-corrected chi connectivity index (χ0v) is 15.4. The number of fused-ring (bicyclic) bond motifs is 3. The van der Waals surface area contributed by atoms with Crippen LogP contribution in [-0.2, 0) is 4.79 Å². The number of benzene rings is 1. The molecule has 1 saturated carbocycles. The largest absolute Gasteiger partial charge is 0.340 e. The first-order valence-corrected chi connectivity index (χ1v) is 9.98. The Morgan fingerprint density at radius 1 is 1.48 bits per heavy atom. The predicted octanol–water partition coefficient (Wildman–Crippen LogP) is 4.47. The van der Waals surface area contributed by atoms with E-state index in [-0.39, 0.29) is 23.3 Å². The Kier molecular flexibility index (Phi) is 4.24. The van der Waals surface area contributed by atoms with E-state index in [1.807, 2.05) is 18.2 Å². The Labute approximate surface area is 152 Å². The van der Waals surface area contributed by atoms with Gasteiger partial charge in [0.25, 0.3) is 0 Å². The van der Waals surface area contributed by atoms with Gasteiger partial charge in [-0.05, 0) is 44.2 Å². The highest BCUT2D eigenvalue weighted by Crippen LogP contribution is 2.44. The van der Waals surface area contributed by atoms with Crippen molar-refractivity contribution in [1.29, 1.82) is 5.26 Å². The monoisotopic (exact) mass is 353 g/mol. The third-order valence-corrected chi connectivity index (χ3v) is 7.13. The first kappa shape index (κ1) is 16.5. The summed E-state index contributed by atoms with van der Waals surface area (Å²) in [5.41, 5.74) is 0.851. The van der Waals surface area contributed by atoms with Crippen molar-refractivity contribution < 1.29 is 4.79 Å². The van der Waals surface area contributed by atoms with Crippen LogP contribution in [0.5, 0.6) is 0 Å². The SMILES string of the molecule is CC(CC(=O)N1CCC2(C#N)CCCC1C2)c1nc2ccccc2s1. The molecule has 4 rings (SSSR count).